The minimum absolute atomic E-state index is 0.106. The molecule has 0 atom stereocenters. The fourth-order valence-corrected chi connectivity index (χ4v) is 2.51. The summed E-state index contributed by atoms with van der Waals surface area (Å²) in [4.78, 5) is 11.8. The predicted molar refractivity (Wildman–Crippen MR) is 79.4 cm³/mol. The van der Waals surface area contributed by atoms with Crippen molar-refractivity contribution in [1.82, 2.24) is 20.3 Å². The molecule has 1 aliphatic heterocycles. The summed E-state index contributed by atoms with van der Waals surface area (Å²) in [7, 11) is 0. The molecule has 0 bridgehead atoms. The number of piperidine rings is 1. The summed E-state index contributed by atoms with van der Waals surface area (Å²) in [5.74, 6) is 0.557. The van der Waals surface area contributed by atoms with Gasteiger partial charge >= 0.3 is 6.18 Å². The van der Waals surface area contributed by atoms with Crippen molar-refractivity contribution in [3.05, 3.63) is 42.0 Å². The van der Waals surface area contributed by atoms with Crippen molar-refractivity contribution in [2.75, 3.05) is 18.4 Å². The van der Waals surface area contributed by atoms with Gasteiger partial charge in [0.15, 0.2) is 0 Å². The number of pyridine rings is 1. The number of rotatable bonds is 3. The topological polar surface area (TPSA) is 62.7 Å². The Morgan fingerprint density at radius 3 is 2.26 bits per heavy atom. The number of aromatic nitrogens is 3. The molecule has 2 N–H and O–H groups in total. The van der Waals surface area contributed by atoms with Gasteiger partial charge in [-0.15, -0.1) is 0 Å². The average molecular weight is 323 g/mol. The molecule has 23 heavy (non-hydrogen) atoms. The Balaban J connectivity index is 1.66. The van der Waals surface area contributed by atoms with Crippen molar-refractivity contribution >= 4 is 11.6 Å². The van der Waals surface area contributed by atoms with Crippen LogP contribution in [-0.4, -0.2) is 28.0 Å². The monoisotopic (exact) mass is 323 g/mol. The molecule has 0 aliphatic carbocycles. The van der Waals surface area contributed by atoms with E-state index in [4.69, 9.17) is 0 Å². The van der Waals surface area contributed by atoms with E-state index >= 15 is 0 Å². The molecule has 3 rings (SSSR count). The van der Waals surface area contributed by atoms with Gasteiger partial charge in [-0.2, -0.15) is 13.2 Å². The number of hydrogen-bond donors (Lipinski definition) is 2. The largest absolute Gasteiger partial charge is 0.419 e. The highest BCUT2D eigenvalue weighted by atomic mass is 19.4. The van der Waals surface area contributed by atoms with Gasteiger partial charge in [0.25, 0.3) is 0 Å². The van der Waals surface area contributed by atoms with Crippen LogP contribution >= 0.6 is 0 Å². The third-order valence-electron chi connectivity index (χ3n) is 3.78. The van der Waals surface area contributed by atoms with E-state index in [1.54, 1.807) is 6.20 Å². The first kappa shape index (κ1) is 15.7. The Morgan fingerprint density at radius 2 is 1.70 bits per heavy atom. The zero-order valence-corrected chi connectivity index (χ0v) is 12.3. The molecule has 1 aliphatic rings. The molecule has 0 radical (unpaired) electrons. The maximum atomic E-state index is 12.5. The first-order chi connectivity index (χ1) is 11.0. The fourth-order valence-electron chi connectivity index (χ4n) is 2.51. The van der Waals surface area contributed by atoms with Gasteiger partial charge in [0.05, 0.1) is 17.4 Å². The van der Waals surface area contributed by atoms with Crippen molar-refractivity contribution in [2.45, 2.75) is 24.9 Å². The van der Waals surface area contributed by atoms with E-state index in [9.17, 15) is 13.2 Å². The van der Waals surface area contributed by atoms with Gasteiger partial charge in [0.1, 0.15) is 0 Å². The van der Waals surface area contributed by atoms with Gasteiger partial charge in [0, 0.05) is 24.0 Å². The van der Waals surface area contributed by atoms with Crippen LogP contribution in [0.2, 0.25) is 0 Å². The zero-order chi connectivity index (χ0) is 16.3. The van der Waals surface area contributed by atoms with Crippen LogP contribution in [0.5, 0.6) is 0 Å². The smallest absolute Gasteiger partial charge is 0.323 e. The van der Waals surface area contributed by atoms with Crippen molar-refractivity contribution in [1.29, 1.82) is 0 Å². The number of nitrogens with zero attached hydrogens (tertiary/aromatic N) is 3. The van der Waals surface area contributed by atoms with Crippen LogP contribution in [0.1, 0.15) is 30.0 Å². The molecular formula is C15H16F3N5. The molecular weight excluding hydrogens is 307 g/mol. The van der Waals surface area contributed by atoms with Crippen molar-refractivity contribution in [3.8, 4) is 0 Å². The molecule has 0 unspecified atom stereocenters. The maximum absolute atomic E-state index is 12.5. The minimum Gasteiger partial charge on any atom is -0.323 e. The summed E-state index contributed by atoms with van der Waals surface area (Å²) >= 11 is 0. The summed E-state index contributed by atoms with van der Waals surface area (Å²) in [6, 6.07) is 3.77. The molecule has 2 aromatic heterocycles. The molecule has 1 fully saturated rings. The Labute approximate surface area is 131 Å². The SMILES string of the molecule is FC(F)(F)c1cnc(Nc2ccc(C3CCNCC3)nc2)nc1. The quantitative estimate of drug-likeness (QED) is 0.909. The lowest BCUT2D eigenvalue weighted by Gasteiger charge is -2.22. The highest BCUT2D eigenvalue weighted by molar-refractivity contribution is 5.51. The van der Waals surface area contributed by atoms with Gasteiger partial charge in [-0.05, 0) is 38.1 Å². The molecule has 0 amide bonds. The second-order valence-corrected chi connectivity index (χ2v) is 5.41. The molecule has 1 saturated heterocycles. The summed E-state index contributed by atoms with van der Waals surface area (Å²) in [6.45, 7) is 1.98. The number of hydrogen-bond acceptors (Lipinski definition) is 5. The summed E-state index contributed by atoms with van der Waals surface area (Å²) in [6.07, 6.45) is 0.844. The van der Waals surface area contributed by atoms with Gasteiger partial charge in [-0.25, -0.2) is 9.97 Å². The van der Waals surface area contributed by atoms with Gasteiger partial charge in [-0.3, -0.25) is 4.98 Å². The third kappa shape index (κ3) is 3.95. The standard InChI is InChI=1S/C15H16F3N5/c16-15(17,18)11-7-21-14(22-8-11)23-12-1-2-13(20-9-12)10-3-5-19-6-4-10/h1-2,7-10,19H,3-6H2,(H,21,22,23). The number of anilines is 2. The van der Waals surface area contributed by atoms with E-state index in [1.807, 2.05) is 12.1 Å². The second-order valence-electron chi connectivity index (χ2n) is 5.41. The highest BCUT2D eigenvalue weighted by Gasteiger charge is 2.31. The summed E-state index contributed by atoms with van der Waals surface area (Å²) in [5, 5.41) is 6.16. The van der Waals surface area contributed by atoms with Crippen LogP contribution in [0.4, 0.5) is 24.8 Å². The lowest BCUT2D eigenvalue weighted by Crippen LogP contribution is -2.27. The lowest BCUT2D eigenvalue weighted by atomic mass is 9.94. The van der Waals surface area contributed by atoms with Crippen LogP contribution in [-0.2, 0) is 6.18 Å². The molecule has 8 heteroatoms. The van der Waals surface area contributed by atoms with Crippen molar-refractivity contribution in [3.63, 3.8) is 0 Å². The Hall–Kier alpha value is -2.22. The van der Waals surface area contributed by atoms with Crippen LogP contribution in [0.3, 0.4) is 0 Å². The number of halogens is 3. The van der Waals surface area contributed by atoms with E-state index in [-0.39, 0.29) is 5.95 Å². The van der Waals surface area contributed by atoms with Gasteiger partial charge < -0.3 is 10.6 Å². The predicted octanol–water partition coefficient (Wildman–Crippen LogP) is 3.10. The average Bonchev–Trinajstić information content (AvgIpc) is 2.56. The zero-order valence-electron chi connectivity index (χ0n) is 12.3. The fraction of sp³-hybridized carbons (Fsp3) is 0.400. The van der Waals surface area contributed by atoms with Crippen LogP contribution in [0.25, 0.3) is 0 Å². The molecule has 0 spiro atoms. The van der Waals surface area contributed by atoms with Crippen molar-refractivity contribution < 1.29 is 13.2 Å². The van der Waals surface area contributed by atoms with Crippen LogP contribution in [0, 0.1) is 0 Å². The highest BCUT2D eigenvalue weighted by Crippen LogP contribution is 2.28. The number of nitrogens with one attached hydrogen (secondary N) is 2. The lowest BCUT2D eigenvalue weighted by molar-refractivity contribution is -0.138. The number of alkyl halides is 3. The third-order valence-corrected chi connectivity index (χ3v) is 3.78. The molecule has 0 saturated carbocycles. The minimum atomic E-state index is -4.43. The van der Waals surface area contributed by atoms with E-state index in [0.717, 1.165) is 44.0 Å². The Kier molecular flexibility index (Phi) is 4.42. The van der Waals surface area contributed by atoms with E-state index in [2.05, 4.69) is 25.6 Å². The first-order valence-electron chi connectivity index (χ1n) is 7.35. The van der Waals surface area contributed by atoms with Crippen molar-refractivity contribution in [2.24, 2.45) is 0 Å². The second kappa shape index (κ2) is 6.49. The molecule has 0 aromatic carbocycles. The van der Waals surface area contributed by atoms with Crippen LogP contribution in [0.15, 0.2) is 30.7 Å². The van der Waals surface area contributed by atoms with E-state index in [0.29, 0.717) is 11.6 Å². The molecule has 5 nitrogen and oxygen atoms in total. The van der Waals surface area contributed by atoms with E-state index < -0.39 is 11.7 Å². The summed E-state index contributed by atoms with van der Waals surface area (Å²) < 4.78 is 37.4. The van der Waals surface area contributed by atoms with E-state index in [1.165, 1.54) is 0 Å². The normalized spacial score (nSPS) is 16.3. The Morgan fingerprint density at radius 1 is 1.00 bits per heavy atom. The molecule has 122 valence electrons. The summed E-state index contributed by atoms with van der Waals surface area (Å²) in [5.41, 5.74) is 0.801. The van der Waals surface area contributed by atoms with Crippen LogP contribution < -0.4 is 10.6 Å². The molecule has 3 heterocycles. The Bertz CT molecular complexity index is 634. The van der Waals surface area contributed by atoms with Gasteiger partial charge in [-0.1, -0.05) is 0 Å². The molecule has 2 aromatic rings. The first-order valence-corrected chi connectivity index (χ1v) is 7.35. The van der Waals surface area contributed by atoms with Gasteiger partial charge in [0.2, 0.25) is 5.95 Å². The maximum Gasteiger partial charge on any atom is 0.419 e.